The quantitative estimate of drug-likeness (QED) is 0.924. The summed E-state index contributed by atoms with van der Waals surface area (Å²) in [4.78, 5) is 10.7. The zero-order chi connectivity index (χ0) is 15.8. The zero-order valence-electron chi connectivity index (χ0n) is 11.9. The molecule has 1 N–H and O–H groups in total. The number of benzene rings is 1. The molecular formula is C14H18FNO4S. The second-order valence-electron chi connectivity index (χ2n) is 5.60. The van der Waals surface area contributed by atoms with Crippen LogP contribution in [-0.2, 0) is 10.0 Å². The summed E-state index contributed by atoms with van der Waals surface area (Å²) in [6.45, 7) is 4.91. The number of carboxylic acid groups (broad SMARTS) is 1. The van der Waals surface area contributed by atoms with E-state index in [1.807, 2.05) is 13.8 Å². The van der Waals surface area contributed by atoms with Crippen LogP contribution in [0.15, 0.2) is 23.1 Å². The van der Waals surface area contributed by atoms with Gasteiger partial charge in [-0.1, -0.05) is 13.8 Å². The summed E-state index contributed by atoms with van der Waals surface area (Å²) in [5.41, 5.74) is -0.629. The molecule has 21 heavy (non-hydrogen) atoms. The van der Waals surface area contributed by atoms with Gasteiger partial charge >= 0.3 is 5.97 Å². The highest BCUT2D eigenvalue weighted by Crippen LogP contribution is 2.29. The van der Waals surface area contributed by atoms with Crippen molar-refractivity contribution in [3.63, 3.8) is 0 Å². The van der Waals surface area contributed by atoms with Crippen LogP contribution < -0.4 is 0 Å². The van der Waals surface area contributed by atoms with Crippen LogP contribution >= 0.6 is 0 Å². The van der Waals surface area contributed by atoms with Crippen LogP contribution in [0.5, 0.6) is 0 Å². The molecule has 0 aliphatic carbocycles. The van der Waals surface area contributed by atoms with Crippen LogP contribution in [0.4, 0.5) is 4.39 Å². The molecule has 7 heteroatoms. The van der Waals surface area contributed by atoms with E-state index in [1.165, 1.54) is 4.31 Å². The molecule has 5 nitrogen and oxygen atoms in total. The first-order valence-electron chi connectivity index (χ1n) is 6.76. The van der Waals surface area contributed by atoms with Gasteiger partial charge in [0.1, 0.15) is 5.82 Å². The Hall–Kier alpha value is -1.47. The van der Waals surface area contributed by atoms with Gasteiger partial charge in [0.25, 0.3) is 0 Å². The number of hydrogen-bond donors (Lipinski definition) is 1. The minimum absolute atomic E-state index is 0.175. The number of halogens is 1. The lowest BCUT2D eigenvalue weighted by Gasteiger charge is -2.18. The van der Waals surface area contributed by atoms with Crippen LogP contribution in [0.2, 0.25) is 0 Å². The molecule has 1 atom stereocenters. The maximum absolute atomic E-state index is 13.4. The molecule has 1 unspecified atom stereocenters. The van der Waals surface area contributed by atoms with Gasteiger partial charge in [-0.3, -0.25) is 0 Å². The van der Waals surface area contributed by atoms with Crippen molar-refractivity contribution in [2.75, 3.05) is 13.1 Å². The first-order valence-corrected chi connectivity index (χ1v) is 8.20. The first-order chi connectivity index (χ1) is 9.73. The molecule has 0 bridgehead atoms. The molecule has 2 rings (SSSR count). The van der Waals surface area contributed by atoms with Crippen LogP contribution in [-0.4, -0.2) is 36.9 Å². The van der Waals surface area contributed by atoms with Gasteiger partial charge in [-0.05, 0) is 36.5 Å². The Morgan fingerprint density at radius 1 is 1.43 bits per heavy atom. The molecule has 1 fully saturated rings. The van der Waals surface area contributed by atoms with E-state index in [1.54, 1.807) is 0 Å². The highest BCUT2D eigenvalue weighted by Gasteiger charge is 2.34. The summed E-state index contributed by atoms with van der Waals surface area (Å²) in [5, 5.41) is 8.89. The predicted octanol–water partition coefficient (Wildman–Crippen LogP) is 2.19. The Balaban J connectivity index is 2.33. The molecule has 0 saturated carbocycles. The topological polar surface area (TPSA) is 74.7 Å². The van der Waals surface area contributed by atoms with Gasteiger partial charge in [0.2, 0.25) is 10.0 Å². The molecule has 1 saturated heterocycles. The molecular weight excluding hydrogens is 297 g/mol. The van der Waals surface area contributed by atoms with Crippen molar-refractivity contribution in [3.05, 3.63) is 29.6 Å². The highest BCUT2D eigenvalue weighted by molar-refractivity contribution is 7.89. The molecule has 0 spiro atoms. The van der Waals surface area contributed by atoms with Crippen LogP contribution in [0.25, 0.3) is 0 Å². The third kappa shape index (κ3) is 3.08. The van der Waals surface area contributed by atoms with E-state index in [2.05, 4.69) is 0 Å². The monoisotopic (exact) mass is 315 g/mol. The number of rotatable bonds is 4. The third-order valence-electron chi connectivity index (χ3n) is 3.94. The summed E-state index contributed by atoms with van der Waals surface area (Å²) in [7, 11) is -3.77. The van der Waals surface area contributed by atoms with E-state index in [9.17, 15) is 17.6 Å². The molecule has 1 aliphatic heterocycles. The van der Waals surface area contributed by atoms with Gasteiger partial charge in [-0.2, -0.15) is 4.31 Å². The number of hydrogen-bond acceptors (Lipinski definition) is 3. The molecule has 1 aliphatic rings. The Labute approximate surface area is 123 Å². The highest BCUT2D eigenvalue weighted by atomic mass is 32.2. The Morgan fingerprint density at radius 3 is 2.62 bits per heavy atom. The summed E-state index contributed by atoms with van der Waals surface area (Å²) in [5.74, 6) is -1.75. The van der Waals surface area contributed by atoms with E-state index < -0.39 is 27.4 Å². The molecule has 0 radical (unpaired) electrons. The number of aromatic carboxylic acids is 1. The molecule has 0 amide bonds. The smallest absolute Gasteiger partial charge is 0.338 e. The van der Waals surface area contributed by atoms with E-state index in [4.69, 9.17) is 5.11 Å². The van der Waals surface area contributed by atoms with E-state index >= 15 is 0 Å². The van der Waals surface area contributed by atoms with Crippen molar-refractivity contribution in [3.8, 4) is 0 Å². The lowest BCUT2D eigenvalue weighted by molar-refractivity contribution is 0.0691. The van der Waals surface area contributed by atoms with Crippen molar-refractivity contribution < 1.29 is 22.7 Å². The Kier molecular flexibility index (Phi) is 4.34. The van der Waals surface area contributed by atoms with Crippen molar-refractivity contribution in [1.82, 2.24) is 4.31 Å². The lowest BCUT2D eigenvalue weighted by Crippen LogP contribution is -2.29. The van der Waals surface area contributed by atoms with Gasteiger partial charge in [0.15, 0.2) is 0 Å². The fourth-order valence-electron chi connectivity index (χ4n) is 2.49. The fraction of sp³-hybridized carbons (Fsp3) is 0.500. The van der Waals surface area contributed by atoms with Crippen LogP contribution in [0, 0.1) is 17.7 Å². The zero-order valence-corrected chi connectivity index (χ0v) is 12.7. The van der Waals surface area contributed by atoms with Crippen LogP contribution in [0.3, 0.4) is 0 Å². The summed E-state index contributed by atoms with van der Waals surface area (Å²) in [6, 6.07) is 2.88. The largest absolute Gasteiger partial charge is 0.478 e. The summed E-state index contributed by atoms with van der Waals surface area (Å²) >= 11 is 0. The van der Waals surface area contributed by atoms with Gasteiger partial charge in [-0.25, -0.2) is 17.6 Å². The van der Waals surface area contributed by atoms with Crippen molar-refractivity contribution in [2.24, 2.45) is 11.8 Å². The fourth-order valence-corrected chi connectivity index (χ4v) is 4.03. The normalized spacial score (nSPS) is 20.1. The number of nitrogens with zero attached hydrogens (tertiary/aromatic N) is 1. The predicted molar refractivity (Wildman–Crippen MR) is 75.1 cm³/mol. The lowest BCUT2D eigenvalue weighted by atomic mass is 9.96. The number of carbonyl (C=O) groups is 1. The van der Waals surface area contributed by atoms with Crippen LogP contribution in [0.1, 0.15) is 30.6 Å². The molecule has 1 heterocycles. The standard InChI is InChI=1S/C14H18FNO4S/c1-9(2)10-5-6-16(8-10)21(19,20)11-3-4-13(15)12(7-11)14(17)18/h3-4,7,9-10H,5-6,8H2,1-2H3,(H,17,18). The molecule has 1 aromatic rings. The minimum atomic E-state index is -3.77. The molecule has 1 aromatic carbocycles. The number of sulfonamides is 1. The van der Waals surface area contributed by atoms with Gasteiger partial charge in [0, 0.05) is 13.1 Å². The first kappa shape index (κ1) is 15.9. The molecule has 116 valence electrons. The van der Waals surface area contributed by atoms with Gasteiger partial charge in [-0.15, -0.1) is 0 Å². The second-order valence-corrected chi connectivity index (χ2v) is 7.54. The average molecular weight is 315 g/mol. The van der Waals surface area contributed by atoms with Gasteiger partial charge < -0.3 is 5.11 Å². The SMILES string of the molecule is CC(C)C1CCN(S(=O)(=O)c2ccc(F)c(C(=O)O)c2)C1. The van der Waals surface area contributed by atoms with Crippen molar-refractivity contribution in [1.29, 1.82) is 0 Å². The average Bonchev–Trinajstić information content (AvgIpc) is 2.89. The third-order valence-corrected chi connectivity index (χ3v) is 5.80. The van der Waals surface area contributed by atoms with E-state index in [-0.39, 0.29) is 4.90 Å². The number of carboxylic acids is 1. The Morgan fingerprint density at radius 2 is 2.10 bits per heavy atom. The van der Waals surface area contributed by atoms with Gasteiger partial charge in [0.05, 0.1) is 10.5 Å². The van der Waals surface area contributed by atoms with Crippen molar-refractivity contribution in [2.45, 2.75) is 25.2 Å². The maximum atomic E-state index is 13.4. The maximum Gasteiger partial charge on any atom is 0.338 e. The Bertz CT molecular complexity index is 657. The van der Waals surface area contributed by atoms with E-state index in [0.29, 0.717) is 24.9 Å². The molecule has 0 aromatic heterocycles. The summed E-state index contributed by atoms with van der Waals surface area (Å²) in [6.07, 6.45) is 0.782. The summed E-state index contributed by atoms with van der Waals surface area (Å²) < 4.78 is 39.7. The minimum Gasteiger partial charge on any atom is -0.478 e. The van der Waals surface area contributed by atoms with E-state index in [0.717, 1.165) is 24.6 Å². The second kappa shape index (κ2) is 5.73. The van der Waals surface area contributed by atoms with Crippen molar-refractivity contribution >= 4 is 16.0 Å².